The van der Waals surface area contributed by atoms with Gasteiger partial charge in [0.25, 0.3) is 0 Å². The number of aliphatic imine (C=N–C) groups is 1. The van der Waals surface area contributed by atoms with Gasteiger partial charge in [0.05, 0.1) is 5.69 Å². The summed E-state index contributed by atoms with van der Waals surface area (Å²) >= 11 is 0. The molecule has 0 saturated heterocycles. The van der Waals surface area contributed by atoms with Crippen molar-refractivity contribution in [2.75, 3.05) is 0 Å². The average molecular weight is 217 g/mol. The van der Waals surface area contributed by atoms with E-state index in [4.69, 9.17) is 0 Å². The molecule has 1 aromatic rings. The van der Waals surface area contributed by atoms with Crippen LogP contribution in [0, 0.1) is 6.92 Å². The highest BCUT2D eigenvalue weighted by Crippen LogP contribution is 2.33. The Kier molecular flexibility index (Phi) is 4.28. The first-order valence-electron chi connectivity index (χ1n) is 6.10. The topological polar surface area (TPSA) is 12.4 Å². The van der Waals surface area contributed by atoms with Gasteiger partial charge in [-0.15, -0.1) is 0 Å². The van der Waals surface area contributed by atoms with Crippen LogP contribution in [0.2, 0.25) is 0 Å². The first-order valence-corrected chi connectivity index (χ1v) is 6.10. The molecule has 0 fully saturated rings. The molecular formula is C15H23N. The molecule has 0 unspecified atom stereocenters. The number of aryl methyl sites for hydroxylation is 1. The number of benzene rings is 1. The summed E-state index contributed by atoms with van der Waals surface area (Å²) in [6, 6.07) is 4.57. The molecule has 0 bridgehead atoms. The molecule has 0 aromatic heterocycles. The van der Waals surface area contributed by atoms with E-state index in [0.717, 1.165) is 5.69 Å². The molecule has 0 N–H and O–H groups in total. The van der Waals surface area contributed by atoms with Crippen LogP contribution in [0.4, 0.5) is 5.69 Å². The number of rotatable bonds is 3. The van der Waals surface area contributed by atoms with Crippen molar-refractivity contribution in [1.82, 2.24) is 0 Å². The van der Waals surface area contributed by atoms with E-state index in [1.165, 1.54) is 16.7 Å². The maximum atomic E-state index is 4.50. The molecule has 0 radical (unpaired) electrons. The minimum Gasteiger partial charge on any atom is -0.261 e. The molecular weight excluding hydrogens is 194 g/mol. The zero-order valence-electron chi connectivity index (χ0n) is 11.3. The predicted molar refractivity (Wildman–Crippen MR) is 73.2 cm³/mol. The fourth-order valence-electron chi connectivity index (χ4n) is 1.91. The summed E-state index contributed by atoms with van der Waals surface area (Å²) in [6.07, 6.45) is 1.88. The van der Waals surface area contributed by atoms with Gasteiger partial charge in [-0.05, 0) is 42.4 Å². The Labute approximate surface area is 99.6 Å². The highest BCUT2D eigenvalue weighted by atomic mass is 14.7. The molecule has 0 aliphatic carbocycles. The van der Waals surface area contributed by atoms with E-state index in [1.807, 2.05) is 13.1 Å². The molecule has 0 aliphatic rings. The maximum Gasteiger partial charge on any atom is 0.0689 e. The molecule has 1 aromatic carbocycles. The fraction of sp³-hybridized carbons (Fsp3) is 0.533. The fourth-order valence-corrected chi connectivity index (χ4v) is 1.91. The second kappa shape index (κ2) is 5.29. The standard InChI is InChI=1S/C15H23N/c1-7-16-15-12(6)8-13(10(2)3)9-14(15)11(4)5/h7-11H,1-6H3. The van der Waals surface area contributed by atoms with E-state index in [-0.39, 0.29) is 0 Å². The third-order valence-corrected chi connectivity index (χ3v) is 2.90. The van der Waals surface area contributed by atoms with Gasteiger partial charge in [0.15, 0.2) is 0 Å². The number of hydrogen-bond acceptors (Lipinski definition) is 1. The van der Waals surface area contributed by atoms with Crippen molar-refractivity contribution >= 4 is 11.9 Å². The van der Waals surface area contributed by atoms with Crippen LogP contribution < -0.4 is 0 Å². The van der Waals surface area contributed by atoms with Crippen molar-refractivity contribution in [3.63, 3.8) is 0 Å². The lowest BCUT2D eigenvalue weighted by Crippen LogP contribution is -1.96. The zero-order chi connectivity index (χ0) is 12.3. The monoisotopic (exact) mass is 217 g/mol. The van der Waals surface area contributed by atoms with E-state index in [9.17, 15) is 0 Å². The van der Waals surface area contributed by atoms with Crippen molar-refractivity contribution in [1.29, 1.82) is 0 Å². The summed E-state index contributed by atoms with van der Waals surface area (Å²) in [5.41, 5.74) is 5.22. The van der Waals surface area contributed by atoms with Crippen LogP contribution in [-0.2, 0) is 0 Å². The third-order valence-electron chi connectivity index (χ3n) is 2.90. The largest absolute Gasteiger partial charge is 0.261 e. The van der Waals surface area contributed by atoms with Crippen molar-refractivity contribution in [3.05, 3.63) is 28.8 Å². The first-order chi connectivity index (χ1) is 7.47. The molecule has 0 amide bonds. The zero-order valence-corrected chi connectivity index (χ0v) is 11.3. The first kappa shape index (κ1) is 13.0. The molecule has 0 saturated carbocycles. The highest BCUT2D eigenvalue weighted by Gasteiger charge is 2.11. The normalized spacial score (nSPS) is 12.0. The van der Waals surface area contributed by atoms with Crippen LogP contribution in [0.15, 0.2) is 17.1 Å². The van der Waals surface area contributed by atoms with Crippen LogP contribution in [-0.4, -0.2) is 6.21 Å². The summed E-state index contributed by atoms with van der Waals surface area (Å²) in [5.74, 6) is 1.10. The van der Waals surface area contributed by atoms with Crippen LogP contribution in [0.3, 0.4) is 0 Å². The van der Waals surface area contributed by atoms with E-state index >= 15 is 0 Å². The minimum atomic E-state index is 0.524. The molecule has 1 nitrogen and oxygen atoms in total. The Morgan fingerprint density at radius 2 is 1.69 bits per heavy atom. The molecule has 0 heterocycles. The van der Waals surface area contributed by atoms with Gasteiger partial charge >= 0.3 is 0 Å². The quantitative estimate of drug-likeness (QED) is 0.634. The molecule has 1 rings (SSSR count). The van der Waals surface area contributed by atoms with Gasteiger partial charge in [-0.2, -0.15) is 0 Å². The summed E-state index contributed by atoms with van der Waals surface area (Å²) in [6.45, 7) is 13.1. The lowest BCUT2D eigenvalue weighted by molar-refractivity contribution is 0.831. The number of nitrogens with zero attached hydrogens (tertiary/aromatic N) is 1. The molecule has 1 heteroatoms. The van der Waals surface area contributed by atoms with Gasteiger partial charge < -0.3 is 0 Å². The van der Waals surface area contributed by atoms with Gasteiger partial charge in [0.2, 0.25) is 0 Å². The average Bonchev–Trinajstić information content (AvgIpc) is 2.20. The molecule has 16 heavy (non-hydrogen) atoms. The molecule has 88 valence electrons. The van der Waals surface area contributed by atoms with Crippen molar-refractivity contribution < 1.29 is 0 Å². The smallest absolute Gasteiger partial charge is 0.0689 e. The van der Waals surface area contributed by atoms with Crippen molar-refractivity contribution in [2.24, 2.45) is 4.99 Å². The summed E-state index contributed by atoms with van der Waals surface area (Å²) in [5, 5.41) is 0. The lowest BCUT2D eigenvalue weighted by atomic mass is 9.91. The van der Waals surface area contributed by atoms with Gasteiger partial charge in [-0.25, -0.2) is 0 Å². The van der Waals surface area contributed by atoms with E-state index < -0.39 is 0 Å². The second-order valence-corrected chi connectivity index (χ2v) is 4.97. The van der Waals surface area contributed by atoms with Crippen LogP contribution >= 0.6 is 0 Å². The highest BCUT2D eigenvalue weighted by molar-refractivity contribution is 5.66. The number of hydrogen-bond donors (Lipinski definition) is 0. The van der Waals surface area contributed by atoms with E-state index in [2.05, 4.69) is 51.7 Å². The second-order valence-electron chi connectivity index (χ2n) is 4.97. The predicted octanol–water partition coefficient (Wildman–Crippen LogP) is 4.96. The van der Waals surface area contributed by atoms with E-state index in [1.54, 1.807) is 0 Å². The summed E-state index contributed by atoms with van der Waals surface area (Å²) in [4.78, 5) is 4.50. The van der Waals surface area contributed by atoms with Gasteiger partial charge in [0, 0.05) is 6.21 Å². The third kappa shape index (κ3) is 2.72. The van der Waals surface area contributed by atoms with Crippen LogP contribution in [0.25, 0.3) is 0 Å². The van der Waals surface area contributed by atoms with Crippen molar-refractivity contribution in [3.8, 4) is 0 Å². The maximum absolute atomic E-state index is 4.50. The van der Waals surface area contributed by atoms with Crippen LogP contribution in [0.5, 0.6) is 0 Å². The Morgan fingerprint density at radius 3 is 2.12 bits per heavy atom. The van der Waals surface area contributed by atoms with Gasteiger partial charge in [-0.3, -0.25) is 4.99 Å². The Morgan fingerprint density at radius 1 is 1.06 bits per heavy atom. The van der Waals surface area contributed by atoms with Gasteiger partial charge in [-0.1, -0.05) is 39.8 Å². The summed E-state index contributed by atoms with van der Waals surface area (Å²) in [7, 11) is 0. The minimum absolute atomic E-state index is 0.524. The molecule has 0 aliphatic heterocycles. The SMILES string of the molecule is CC=Nc1c(C)cc(C(C)C)cc1C(C)C. The lowest BCUT2D eigenvalue weighted by Gasteiger charge is -2.16. The molecule has 0 atom stereocenters. The Bertz CT molecular complexity index is 387. The van der Waals surface area contributed by atoms with E-state index in [0.29, 0.717) is 11.8 Å². The molecule has 0 spiro atoms. The Hall–Kier alpha value is -1.11. The van der Waals surface area contributed by atoms with Crippen LogP contribution in [0.1, 0.15) is 63.1 Å². The summed E-state index contributed by atoms with van der Waals surface area (Å²) < 4.78 is 0. The Balaban J connectivity index is 3.39. The van der Waals surface area contributed by atoms with Crippen molar-refractivity contribution in [2.45, 2.75) is 53.4 Å². The van der Waals surface area contributed by atoms with Gasteiger partial charge in [0.1, 0.15) is 0 Å².